The summed E-state index contributed by atoms with van der Waals surface area (Å²) in [5.74, 6) is 2.39. The van der Waals surface area contributed by atoms with Crippen LogP contribution in [-0.2, 0) is 16.2 Å². The smallest absolute Gasteiger partial charge is 0.156 e. The van der Waals surface area contributed by atoms with Crippen LogP contribution >= 0.6 is 0 Å². The Morgan fingerprint density at radius 1 is 1.00 bits per heavy atom. The molecule has 0 fully saturated rings. The van der Waals surface area contributed by atoms with Crippen molar-refractivity contribution < 1.29 is 38.4 Å². The fourth-order valence-electron chi connectivity index (χ4n) is 3.55. The molecule has 0 spiro atoms. The number of ether oxygens (including phenoxy) is 4. The molecule has 4 rings (SSSR count). The van der Waals surface area contributed by atoms with Crippen LogP contribution in [0.15, 0.2) is 70.4 Å². The van der Waals surface area contributed by atoms with Crippen LogP contribution < -0.4 is 14.2 Å². The molecule has 0 amide bonds. The Hall–Kier alpha value is -3.53. The van der Waals surface area contributed by atoms with E-state index in [9.17, 15) is 10.2 Å². The summed E-state index contributed by atoms with van der Waals surface area (Å²) in [7, 11) is 3.12. The Kier molecular flexibility index (Phi) is 7.69. The maximum absolute atomic E-state index is 11.2. The van der Waals surface area contributed by atoms with Gasteiger partial charge in [0.15, 0.2) is 6.10 Å². The van der Waals surface area contributed by atoms with E-state index in [1.807, 2.05) is 18.2 Å². The molecule has 2 heterocycles. The number of hydrogen-bond acceptors (Lipinski definition) is 9. The van der Waals surface area contributed by atoms with Crippen LogP contribution in [0.3, 0.4) is 0 Å². The number of rotatable bonds is 10. The zero-order valence-electron chi connectivity index (χ0n) is 18.9. The van der Waals surface area contributed by atoms with E-state index < -0.39 is 18.3 Å². The monoisotopic (exact) mass is 469 g/mol. The Morgan fingerprint density at radius 2 is 1.82 bits per heavy atom. The van der Waals surface area contributed by atoms with E-state index in [-0.39, 0.29) is 25.5 Å². The third kappa shape index (κ3) is 5.51. The number of oxime groups is 1. The zero-order valence-corrected chi connectivity index (χ0v) is 18.9. The lowest BCUT2D eigenvalue weighted by Crippen LogP contribution is -2.37. The van der Waals surface area contributed by atoms with Crippen molar-refractivity contribution in [1.82, 2.24) is 0 Å². The molecule has 1 aliphatic heterocycles. The van der Waals surface area contributed by atoms with Crippen molar-refractivity contribution in [3.63, 3.8) is 0 Å². The Bertz CT molecular complexity index is 1100. The van der Waals surface area contributed by atoms with Gasteiger partial charge >= 0.3 is 0 Å². The van der Waals surface area contributed by atoms with Crippen molar-refractivity contribution in [1.29, 1.82) is 0 Å². The van der Waals surface area contributed by atoms with Gasteiger partial charge in [-0.3, -0.25) is 0 Å². The van der Waals surface area contributed by atoms with Gasteiger partial charge in [-0.1, -0.05) is 17.3 Å². The quantitative estimate of drug-likeness (QED) is 0.436. The summed E-state index contributed by atoms with van der Waals surface area (Å²) in [6, 6.07) is 16.0. The minimum absolute atomic E-state index is 0.0358. The number of aliphatic hydroxyl groups excluding tert-OH is 2. The van der Waals surface area contributed by atoms with Gasteiger partial charge in [-0.15, -0.1) is 0 Å². The molecule has 0 unspecified atom stereocenters. The molecule has 0 bridgehead atoms. The van der Waals surface area contributed by atoms with Crippen LogP contribution in [0.1, 0.15) is 23.0 Å². The molecule has 9 heteroatoms. The molecule has 0 aliphatic carbocycles. The second kappa shape index (κ2) is 11.1. The molecule has 180 valence electrons. The van der Waals surface area contributed by atoms with E-state index in [1.54, 1.807) is 56.9 Å². The third-order valence-electron chi connectivity index (χ3n) is 5.27. The van der Waals surface area contributed by atoms with E-state index in [0.29, 0.717) is 34.1 Å². The standard InChI is InChI=1S/C25H27NO8/c1-29-18-6-3-5-16(11-18)25-24(28)23(21-12-19(30-2)8-9-22(21)34-25)26-33-14-17(27)13-31-15-20-7-4-10-32-20/h3-12,17,24-25,27-28H,13-15H2,1-2H3/t17-,24-,25+/m0/s1. The van der Waals surface area contributed by atoms with Gasteiger partial charge < -0.3 is 38.4 Å². The lowest BCUT2D eigenvalue weighted by Gasteiger charge is -2.32. The number of benzene rings is 2. The average Bonchev–Trinajstić information content (AvgIpc) is 3.38. The number of methoxy groups -OCH3 is 2. The van der Waals surface area contributed by atoms with Gasteiger partial charge in [-0.2, -0.15) is 0 Å². The number of fused-ring (bicyclic) bond motifs is 1. The summed E-state index contributed by atoms with van der Waals surface area (Å²) in [6.45, 7) is 0.149. The molecule has 9 nitrogen and oxygen atoms in total. The highest BCUT2D eigenvalue weighted by Gasteiger charge is 2.36. The van der Waals surface area contributed by atoms with Gasteiger partial charge in [0.05, 0.1) is 27.1 Å². The molecular formula is C25H27NO8. The summed E-state index contributed by atoms with van der Waals surface area (Å²) < 4.78 is 27.3. The Morgan fingerprint density at radius 3 is 2.59 bits per heavy atom. The van der Waals surface area contributed by atoms with Crippen LogP contribution in [0.25, 0.3) is 0 Å². The van der Waals surface area contributed by atoms with Gasteiger partial charge in [-0.25, -0.2) is 0 Å². The predicted molar refractivity (Wildman–Crippen MR) is 122 cm³/mol. The van der Waals surface area contributed by atoms with E-state index in [2.05, 4.69) is 5.16 Å². The van der Waals surface area contributed by atoms with E-state index in [4.69, 9.17) is 28.2 Å². The largest absolute Gasteiger partial charge is 0.497 e. The lowest BCUT2D eigenvalue weighted by molar-refractivity contribution is -0.0265. The lowest BCUT2D eigenvalue weighted by atomic mass is 9.92. The molecule has 3 aromatic rings. The van der Waals surface area contributed by atoms with Crippen molar-refractivity contribution in [3.05, 3.63) is 77.7 Å². The third-order valence-corrected chi connectivity index (χ3v) is 5.27. The highest BCUT2D eigenvalue weighted by atomic mass is 16.6. The molecule has 34 heavy (non-hydrogen) atoms. The van der Waals surface area contributed by atoms with E-state index in [0.717, 1.165) is 0 Å². The molecule has 1 aromatic heterocycles. The SMILES string of the molecule is COc1cccc([C@H]2Oc3ccc(OC)cc3C(=NOC[C@@H](O)COCc3ccco3)[C@@H]2O)c1. The number of aliphatic hydroxyl groups is 2. The first-order valence-electron chi connectivity index (χ1n) is 10.7. The van der Waals surface area contributed by atoms with Crippen molar-refractivity contribution in [2.75, 3.05) is 27.4 Å². The van der Waals surface area contributed by atoms with Crippen LogP contribution in [0.5, 0.6) is 17.2 Å². The summed E-state index contributed by atoms with van der Waals surface area (Å²) >= 11 is 0. The predicted octanol–water partition coefficient (Wildman–Crippen LogP) is 3.09. The number of hydrogen-bond donors (Lipinski definition) is 2. The molecule has 3 atom stereocenters. The zero-order chi connectivity index (χ0) is 23.9. The normalized spacial score (nSPS) is 19.2. The van der Waals surface area contributed by atoms with Crippen molar-refractivity contribution in [2.45, 2.75) is 24.9 Å². The van der Waals surface area contributed by atoms with E-state index in [1.165, 1.54) is 0 Å². The summed E-state index contributed by atoms with van der Waals surface area (Å²) in [6.07, 6.45) is -1.24. The first-order valence-corrected chi connectivity index (χ1v) is 10.7. The maximum Gasteiger partial charge on any atom is 0.156 e. The fraction of sp³-hybridized carbons (Fsp3) is 0.320. The summed E-state index contributed by atoms with van der Waals surface area (Å²) in [4.78, 5) is 5.41. The first-order chi connectivity index (χ1) is 16.6. The van der Waals surface area contributed by atoms with E-state index >= 15 is 0 Å². The second-order valence-electron chi connectivity index (χ2n) is 7.64. The highest BCUT2D eigenvalue weighted by molar-refractivity contribution is 6.07. The van der Waals surface area contributed by atoms with Gasteiger partial charge in [0, 0.05) is 5.56 Å². The highest BCUT2D eigenvalue weighted by Crippen LogP contribution is 2.38. The molecule has 2 N–H and O–H groups in total. The Balaban J connectivity index is 1.49. The molecule has 0 saturated carbocycles. The molecule has 1 aliphatic rings. The maximum atomic E-state index is 11.2. The molecular weight excluding hydrogens is 442 g/mol. The van der Waals surface area contributed by atoms with Gasteiger partial charge in [0.2, 0.25) is 0 Å². The summed E-state index contributed by atoms with van der Waals surface area (Å²) in [5.41, 5.74) is 1.51. The van der Waals surface area contributed by atoms with Crippen LogP contribution in [0.2, 0.25) is 0 Å². The average molecular weight is 469 g/mol. The summed E-state index contributed by atoms with van der Waals surface area (Å²) in [5, 5.41) is 25.5. The van der Waals surface area contributed by atoms with Crippen LogP contribution in [-0.4, -0.2) is 55.6 Å². The van der Waals surface area contributed by atoms with Crippen molar-refractivity contribution in [3.8, 4) is 17.2 Å². The second-order valence-corrected chi connectivity index (χ2v) is 7.64. The number of furan rings is 1. The Labute approximate surface area is 197 Å². The topological polar surface area (TPSA) is 112 Å². The molecule has 2 aromatic carbocycles. The van der Waals surface area contributed by atoms with Gasteiger partial charge in [-0.05, 0) is 48.0 Å². The van der Waals surface area contributed by atoms with Gasteiger partial charge in [0.25, 0.3) is 0 Å². The first kappa shape index (κ1) is 23.6. The van der Waals surface area contributed by atoms with Gasteiger partial charge in [0.1, 0.15) is 54.1 Å². The van der Waals surface area contributed by atoms with Crippen LogP contribution in [0, 0.1) is 0 Å². The minimum Gasteiger partial charge on any atom is -0.497 e. The number of nitrogens with zero attached hydrogens (tertiary/aromatic N) is 1. The van der Waals surface area contributed by atoms with Crippen LogP contribution in [0.4, 0.5) is 0 Å². The van der Waals surface area contributed by atoms with Crippen molar-refractivity contribution in [2.24, 2.45) is 5.16 Å². The minimum atomic E-state index is -1.14. The molecule has 0 radical (unpaired) electrons. The molecule has 0 saturated heterocycles. The van der Waals surface area contributed by atoms with Crippen molar-refractivity contribution >= 4 is 5.71 Å². The fourth-order valence-corrected chi connectivity index (χ4v) is 3.55.